The van der Waals surface area contributed by atoms with E-state index in [0.29, 0.717) is 17.7 Å². The summed E-state index contributed by atoms with van der Waals surface area (Å²) < 4.78 is 12.4. The second-order valence-corrected chi connectivity index (χ2v) is 12.2. The SMILES string of the molecule is C=CCOC(=O)[C@H]1[C@H]2C(=O)N([C@H](CO)c3ccccc3)C(C(=O)N(CC=C)c3ccc4ccccc4c3)C23CC(C)[C@]1(C)O3. The highest BCUT2D eigenvalue weighted by atomic mass is 16.6. The number of likely N-dealkylation sites (tertiary alicyclic amines) is 1. The number of esters is 1. The van der Waals surface area contributed by atoms with Gasteiger partial charge in [-0.25, -0.2) is 0 Å². The molecule has 3 saturated heterocycles. The van der Waals surface area contributed by atoms with Crippen molar-refractivity contribution >= 4 is 34.2 Å². The van der Waals surface area contributed by atoms with E-state index in [4.69, 9.17) is 9.47 Å². The Kier molecular flexibility index (Phi) is 7.68. The summed E-state index contributed by atoms with van der Waals surface area (Å²) in [5.74, 6) is -3.36. The molecule has 0 aromatic heterocycles. The normalized spacial score (nSPS) is 29.3. The minimum absolute atomic E-state index is 0.00185. The van der Waals surface area contributed by atoms with Gasteiger partial charge in [0.25, 0.3) is 5.91 Å². The lowest BCUT2D eigenvalue weighted by atomic mass is 9.62. The molecular weight excluding hydrogens is 556 g/mol. The number of anilines is 1. The Balaban J connectivity index is 1.52. The first-order valence-electron chi connectivity index (χ1n) is 15.1. The minimum Gasteiger partial charge on any atom is -0.461 e. The first-order valence-corrected chi connectivity index (χ1v) is 15.1. The fraction of sp³-hybridized carbons (Fsp3) is 0.361. The van der Waals surface area contributed by atoms with Crippen molar-refractivity contribution in [2.45, 2.75) is 43.6 Å². The lowest BCUT2D eigenvalue weighted by molar-refractivity contribution is -0.161. The number of fused-ring (bicyclic) bond motifs is 2. The van der Waals surface area contributed by atoms with E-state index in [1.54, 1.807) is 11.0 Å². The average Bonchev–Trinajstić information content (AvgIpc) is 3.55. The third kappa shape index (κ3) is 4.39. The molecule has 8 nitrogen and oxygen atoms in total. The molecule has 2 amide bonds. The van der Waals surface area contributed by atoms with Crippen LogP contribution in [0.3, 0.4) is 0 Å². The van der Waals surface area contributed by atoms with Crippen LogP contribution in [-0.2, 0) is 23.9 Å². The summed E-state index contributed by atoms with van der Waals surface area (Å²) in [4.78, 5) is 46.5. The number of aliphatic hydroxyl groups excluding tert-OH is 1. The van der Waals surface area contributed by atoms with Gasteiger partial charge < -0.3 is 24.4 Å². The number of ether oxygens (including phenoxy) is 2. The average molecular weight is 595 g/mol. The van der Waals surface area contributed by atoms with Crippen LogP contribution in [0.4, 0.5) is 5.69 Å². The third-order valence-electron chi connectivity index (χ3n) is 9.90. The summed E-state index contributed by atoms with van der Waals surface area (Å²) in [5.41, 5.74) is -0.997. The van der Waals surface area contributed by atoms with Crippen LogP contribution in [0.5, 0.6) is 0 Å². The van der Waals surface area contributed by atoms with Gasteiger partial charge in [0.05, 0.1) is 24.2 Å². The highest BCUT2D eigenvalue weighted by Gasteiger charge is 2.81. The van der Waals surface area contributed by atoms with Crippen molar-refractivity contribution in [2.24, 2.45) is 17.8 Å². The van der Waals surface area contributed by atoms with Crippen LogP contribution >= 0.6 is 0 Å². The Morgan fingerprint density at radius 3 is 2.48 bits per heavy atom. The number of hydrogen-bond donors (Lipinski definition) is 1. The molecule has 228 valence electrons. The molecule has 3 fully saturated rings. The highest BCUT2D eigenvalue weighted by Crippen LogP contribution is 2.66. The number of amides is 2. The zero-order valence-electron chi connectivity index (χ0n) is 25.1. The van der Waals surface area contributed by atoms with E-state index in [-0.39, 0.29) is 25.0 Å². The zero-order valence-corrected chi connectivity index (χ0v) is 25.1. The van der Waals surface area contributed by atoms with E-state index in [1.165, 1.54) is 11.0 Å². The van der Waals surface area contributed by atoms with Gasteiger partial charge >= 0.3 is 5.97 Å². The summed E-state index contributed by atoms with van der Waals surface area (Å²) in [7, 11) is 0. The number of rotatable bonds is 10. The van der Waals surface area contributed by atoms with Crippen molar-refractivity contribution in [1.82, 2.24) is 4.90 Å². The zero-order chi connectivity index (χ0) is 31.2. The molecule has 3 heterocycles. The van der Waals surface area contributed by atoms with Crippen LogP contribution in [0, 0.1) is 17.8 Å². The first-order chi connectivity index (χ1) is 21.2. The van der Waals surface area contributed by atoms with Crippen molar-refractivity contribution < 1.29 is 29.0 Å². The van der Waals surface area contributed by atoms with Crippen molar-refractivity contribution in [2.75, 3.05) is 24.7 Å². The molecule has 3 aliphatic heterocycles. The van der Waals surface area contributed by atoms with Crippen LogP contribution in [0.25, 0.3) is 10.8 Å². The molecule has 7 atom stereocenters. The van der Waals surface area contributed by atoms with Gasteiger partial charge in [0.15, 0.2) is 0 Å². The van der Waals surface area contributed by atoms with Gasteiger partial charge in [-0.1, -0.05) is 86.3 Å². The minimum atomic E-state index is -1.31. The molecule has 3 aromatic rings. The molecule has 2 bridgehead atoms. The fourth-order valence-electron chi connectivity index (χ4n) is 7.85. The Hall–Kier alpha value is -4.27. The van der Waals surface area contributed by atoms with Gasteiger partial charge in [0.1, 0.15) is 24.2 Å². The third-order valence-corrected chi connectivity index (χ3v) is 9.90. The summed E-state index contributed by atoms with van der Waals surface area (Å²) >= 11 is 0. The smallest absolute Gasteiger partial charge is 0.313 e. The van der Waals surface area contributed by atoms with E-state index in [9.17, 15) is 14.7 Å². The van der Waals surface area contributed by atoms with Crippen molar-refractivity contribution in [3.63, 3.8) is 0 Å². The van der Waals surface area contributed by atoms with Crippen LogP contribution < -0.4 is 4.90 Å². The molecule has 0 aliphatic carbocycles. The van der Waals surface area contributed by atoms with E-state index < -0.39 is 53.6 Å². The maximum Gasteiger partial charge on any atom is 0.313 e. The number of carbonyl (C=O) groups excluding carboxylic acids is 3. The number of hydrogen-bond acceptors (Lipinski definition) is 6. The summed E-state index contributed by atoms with van der Waals surface area (Å²) in [6.07, 6.45) is 3.53. The van der Waals surface area contributed by atoms with Gasteiger partial charge in [-0.15, -0.1) is 6.58 Å². The molecule has 8 heteroatoms. The standard InChI is InChI=1S/C36H38N2O6/c1-5-18-37(27-17-16-24-12-10-11-15-26(24)20-27)33(41)31-36-21-23(3)35(4,44-36)30(34(42)43-19-6-2)29(36)32(40)38(31)28(22-39)25-13-8-7-9-14-25/h5-17,20,23,28-31,39H,1-2,18-19,21-22H2,3-4H3/t23?,28-,29+,30-,31?,35+,36?/m1/s1. The second kappa shape index (κ2) is 11.3. The Bertz CT molecular complexity index is 1620. The van der Waals surface area contributed by atoms with Gasteiger partial charge in [0, 0.05) is 12.2 Å². The van der Waals surface area contributed by atoms with Gasteiger partial charge in [-0.3, -0.25) is 14.4 Å². The Morgan fingerprint density at radius 2 is 1.80 bits per heavy atom. The van der Waals surface area contributed by atoms with Crippen LogP contribution in [0.1, 0.15) is 31.9 Å². The fourth-order valence-corrected chi connectivity index (χ4v) is 7.85. The largest absolute Gasteiger partial charge is 0.461 e. The molecule has 1 N–H and O–H groups in total. The van der Waals surface area contributed by atoms with Crippen LogP contribution in [-0.4, -0.2) is 64.8 Å². The Morgan fingerprint density at radius 1 is 1.09 bits per heavy atom. The molecule has 3 aliphatic rings. The predicted molar refractivity (Wildman–Crippen MR) is 168 cm³/mol. The molecule has 6 rings (SSSR count). The second-order valence-electron chi connectivity index (χ2n) is 12.2. The topological polar surface area (TPSA) is 96.4 Å². The van der Waals surface area contributed by atoms with E-state index in [0.717, 1.165) is 10.8 Å². The molecular formula is C36H38N2O6. The van der Waals surface area contributed by atoms with E-state index in [2.05, 4.69) is 13.2 Å². The quantitative estimate of drug-likeness (QED) is 0.267. The van der Waals surface area contributed by atoms with Crippen molar-refractivity contribution in [1.29, 1.82) is 0 Å². The lowest BCUT2D eigenvalue weighted by Crippen LogP contribution is -2.57. The highest BCUT2D eigenvalue weighted by molar-refractivity contribution is 6.06. The summed E-state index contributed by atoms with van der Waals surface area (Å²) in [6, 6.07) is 20.9. The van der Waals surface area contributed by atoms with E-state index >= 15 is 4.79 Å². The first kappa shape index (κ1) is 29.8. The van der Waals surface area contributed by atoms with Crippen molar-refractivity contribution in [3.05, 3.63) is 104 Å². The van der Waals surface area contributed by atoms with Crippen LogP contribution in [0.15, 0.2) is 98.1 Å². The summed E-state index contributed by atoms with van der Waals surface area (Å²) in [6.45, 7) is 11.2. The molecule has 0 radical (unpaired) electrons. The number of carbonyl (C=O) groups is 3. The molecule has 1 spiro atoms. The molecule has 44 heavy (non-hydrogen) atoms. The van der Waals surface area contributed by atoms with Gasteiger partial charge in [0.2, 0.25) is 5.91 Å². The molecule has 3 unspecified atom stereocenters. The Labute approximate surface area is 257 Å². The number of benzene rings is 3. The number of aliphatic hydroxyl groups is 1. The molecule has 0 saturated carbocycles. The lowest BCUT2D eigenvalue weighted by Gasteiger charge is -2.39. The van der Waals surface area contributed by atoms with Gasteiger partial charge in [-0.05, 0) is 47.7 Å². The molecule has 3 aromatic carbocycles. The van der Waals surface area contributed by atoms with Crippen LogP contribution in [0.2, 0.25) is 0 Å². The van der Waals surface area contributed by atoms with E-state index in [1.807, 2.05) is 86.6 Å². The maximum absolute atomic E-state index is 15.1. The monoisotopic (exact) mass is 594 g/mol. The van der Waals surface area contributed by atoms with Gasteiger partial charge in [-0.2, -0.15) is 0 Å². The number of nitrogens with zero attached hydrogens (tertiary/aromatic N) is 2. The maximum atomic E-state index is 15.1. The summed E-state index contributed by atoms with van der Waals surface area (Å²) in [5, 5.41) is 12.8. The van der Waals surface area contributed by atoms with Crippen molar-refractivity contribution in [3.8, 4) is 0 Å². The predicted octanol–water partition coefficient (Wildman–Crippen LogP) is 4.83.